The normalized spacial score (nSPS) is 11.8. The van der Waals surface area contributed by atoms with E-state index in [0.717, 1.165) is 77.5 Å². The first-order valence-electron chi connectivity index (χ1n) is 18.0. The van der Waals surface area contributed by atoms with E-state index in [4.69, 9.17) is 8.83 Å². The summed E-state index contributed by atoms with van der Waals surface area (Å²) < 4.78 is 13.0. The predicted molar refractivity (Wildman–Crippen MR) is 222 cm³/mol. The molecule has 0 fully saturated rings. The number of hydrogen-bond acceptors (Lipinski definition) is 3. The number of furan rings is 2. The zero-order valence-corrected chi connectivity index (χ0v) is 28.7. The Labute approximate surface area is 305 Å². The quantitative estimate of drug-likeness (QED) is 0.182. The molecular weight excluding hydrogens is 647 g/mol. The molecule has 0 atom stereocenters. The molecule has 2 heterocycles. The molecular formula is C50H31NO2. The first kappa shape index (κ1) is 29.6. The topological polar surface area (TPSA) is 29.5 Å². The highest BCUT2D eigenvalue weighted by atomic mass is 16.3. The monoisotopic (exact) mass is 677 g/mol. The molecule has 0 bridgehead atoms. The molecule has 53 heavy (non-hydrogen) atoms. The lowest BCUT2D eigenvalue weighted by Crippen LogP contribution is -2.09. The third-order valence-corrected chi connectivity index (χ3v) is 10.6. The molecule has 3 nitrogen and oxygen atoms in total. The molecule has 0 aliphatic carbocycles. The van der Waals surface area contributed by atoms with Gasteiger partial charge in [0.05, 0.1) is 0 Å². The Bertz CT molecular complexity index is 3180. The van der Waals surface area contributed by atoms with Gasteiger partial charge in [-0.2, -0.15) is 0 Å². The summed E-state index contributed by atoms with van der Waals surface area (Å²) in [5, 5.41) is 9.23. The van der Waals surface area contributed by atoms with Gasteiger partial charge in [-0.15, -0.1) is 0 Å². The van der Waals surface area contributed by atoms with Gasteiger partial charge in [0, 0.05) is 50.1 Å². The first-order chi connectivity index (χ1) is 26.3. The third kappa shape index (κ3) is 4.75. The molecule has 2 aromatic heterocycles. The molecule has 9 aromatic carbocycles. The second kappa shape index (κ2) is 11.7. The molecule has 11 rings (SSSR count). The van der Waals surface area contributed by atoms with Crippen molar-refractivity contribution in [2.24, 2.45) is 0 Å². The Morgan fingerprint density at radius 2 is 0.962 bits per heavy atom. The lowest BCUT2D eigenvalue weighted by molar-refractivity contribution is 0.669. The molecule has 0 amide bonds. The minimum absolute atomic E-state index is 0.854. The summed E-state index contributed by atoms with van der Waals surface area (Å²) in [6.45, 7) is 0. The molecule has 0 saturated carbocycles. The molecule has 0 radical (unpaired) electrons. The summed E-state index contributed by atoms with van der Waals surface area (Å²) in [4.78, 5) is 2.31. The molecule has 0 spiro atoms. The molecule has 248 valence electrons. The van der Waals surface area contributed by atoms with Gasteiger partial charge in [-0.05, 0) is 99.1 Å². The van der Waals surface area contributed by atoms with E-state index in [1.807, 2.05) is 12.1 Å². The highest BCUT2D eigenvalue weighted by Crippen LogP contribution is 2.44. The third-order valence-electron chi connectivity index (χ3n) is 10.6. The van der Waals surface area contributed by atoms with Crippen LogP contribution < -0.4 is 4.90 Å². The van der Waals surface area contributed by atoms with E-state index in [1.165, 1.54) is 27.3 Å². The summed E-state index contributed by atoms with van der Waals surface area (Å²) in [6, 6.07) is 66.7. The maximum atomic E-state index is 6.83. The van der Waals surface area contributed by atoms with Gasteiger partial charge >= 0.3 is 0 Å². The smallest absolute Gasteiger partial charge is 0.143 e. The number of hydrogen-bond donors (Lipinski definition) is 0. The summed E-state index contributed by atoms with van der Waals surface area (Å²) >= 11 is 0. The van der Waals surface area contributed by atoms with Crippen LogP contribution in [0.1, 0.15) is 0 Å². The van der Waals surface area contributed by atoms with E-state index in [-0.39, 0.29) is 0 Å². The van der Waals surface area contributed by atoms with Crippen molar-refractivity contribution in [3.05, 3.63) is 188 Å². The fourth-order valence-corrected chi connectivity index (χ4v) is 8.16. The Morgan fingerprint density at radius 1 is 0.302 bits per heavy atom. The number of para-hydroxylation sites is 2. The number of anilines is 3. The van der Waals surface area contributed by atoms with Gasteiger partial charge in [0.25, 0.3) is 0 Å². The second-order valence-electron chi connectivity index (χ2n) is 13.7. The number of fused-ring (bicyclic) bond motifs is 9. The first-order valence-corrected chi connectivity index (χ1v) is 18.0. The molecule has 0 N–H and O–H groups in total. The summed E-state index contributed by atoms with van der Waals surface area (Å²) in [5.74, 6) is 0. The van der Waals surface area contributed by atoms with E-state index in [9.17, 15) is 0 Å². The maximum absolute atomic E-state index is 6.83. The molecule has 0 aliphatic heterocycles. The van der Waals surface area contributed by atoms with Crippen molar-refractivity contribution in [2.75, 3.05) is 4.90 Å². The molecule has 3 heteroatoms. The van der Waals surface area contributed by atoms with E-state index in [2.05, 4.69) is 181 Å². The van der Waals surface area contributed by atoms with Crippen molar-refractivity contribution in [3.8, 4) is 22.3 Å². The molecule has 0 unspecified atom stereocenters. The van der Waals surface area contributed by atoms with E-state index in [1.54, 1.807) is 0 Å². The van der Waals surface area contributed by atoms with Crippen molar-refractivity contribution in [1.29, 1.82) is 0 Å². The van der Waals surface area contributed by atoms with Crippen molar-refractivity contribution >= 4 is 82.5 Å². The largest absolute Gasteiger partial charge is 0.456 e. The van der Waals surface area contributed by atoms with Crippen molar-refractivity contribution in [1.82, 2.24) is 0 Å². The van der Waals surface area contributed by atoms with Crippen LogP contribution >= 0.6 is 0 Å². The molecule has 0 aliphatic rings. The van der Waals surface area contributed by atoms with Crippen LogP contribution in [-0.4, -0.2) is 0 Å². The Morgan fingerprint density at radius 3 is 1.87 bits per heavy atom. The van der Waals surface area contributed by atoms with Crippen molar-refractivity contribution in [2.45, 2.75) is 0 Å². The van der Waals surface area contributed by atoms with Crippen LogP contribution in [0.2, 0.25) is 0 Å². The van der Waals surface area contributed by atoms with Gasteiger partial charge in [-0.1, -0.05) is 121 Å². The standard InChI is InChI=1S/C50H31NO2/c1-2-15-35(16-3-1)51(36-17-10-14-33(28-36)34-24-27-48-45(29-34)41-20-8-9-23-47(41)52-48)37-25-26-42-46-31-44(39-22-11-13-32-12-4-5-18-38(32)39)40-19-6-7-21-43(40)50(46)53-49(42)30-37/h1-31H. The Hall–Kier alpha value is -7.10. The van der Waals surface area contributed by atoms with Crippen LogP contribution in [-0.2, 0) is 0 Å². The van der Waals surface area contributed by atoms with E-state index in [0.29, 0.717) is 0 Å². The van der Waals surface area contributed by atoms with Gasteiger partial charge in [0.1, 0.15) is 22.3 Å². The molecule has 0 saturated heterocycles. The van der Waals surface area contributed by atoms with Crippen molar-refractivity contribution in [3.63, 3.8) is 0 Å². The van der Waals surface area contributed by atoms with Crippen LogP contribution in [0.25, 0.3) is 87.7 Å². The van der Waals surface area contributed by atoms with Crippen LogP contribution in [0.3, 0.4) is 0 Å². The summed E-state index contributed by atoms with van der Waals surface area (Å²) in [6.07, 6.45) is 0. The van der Waals surface area contributed by atoms with E-state index < -0.39 is 0 Å². The predicted octanol–water partition coefficient (Wildman–Crippen LogP) is 14.6. The van der Waals surface area contributed by atoms with Crippen LogP contribution in [0.5, 0.6) is 0 Å². The highest BCUT2D eigenvalue weighted by Gasteiger charge is 2.19. The fourth-order valence-electron chi connectivity index (χ4n) is 8.16. The Kier molecular flexibility index (Phi) is 6.55. The SMILES string of the molecule is c1ccc(N(c2cccc(-c3ccc4oc5ccccc5c4c3)c2)c2ccc3c(c2)oc2c4ccccc4c(-c4cccc5ccccc45)cc32)cc1. The van der Waals surface area contributed by atoms with Gasteiger partial charge in [-0.25, -0.2) is 0 Å². The van der Waals surface area contributed by atoms with Gasteiger partial charge in [-0.3, -0.25) is 0 Å². The zero-order chi connectivity index (χ0) is 34.9. The number of benzene rings is 9. The lowest BCUT2D eigenvalue weighted by atomic mass is 9.92. The minimum Gasteiger partial charge on any atom is -0.456 e. The maximum Gasteiger partial charge on any atom is 0.143 e. The fraction of sp³-hybridized carbons (Fsp3) is 0. The Balaban J connectivity index is 1.08. The summed E-state index contributed by atoms with van der Waals surface area (Å²) in [5.41, 5.74) is 11.4. The van der Waals surface area contributed by atoms with Gasteiger partial charge in [0.15, 0.2) is 0 Å². The van der Waals surface area contributed by atoms with Crippen LogP contribution in [0.15, 0.2) is 197 Å². The van der Waals surface area contributed by atoms with Crippen LogP contribution in [0.4, 0.5) is 17.1 Å². The average Bonchev–Trinajstić information content (AvgIpc) is 3.79. The summed E-state index contributed by atoms with van der Waals surface area (Å²) in [7, 11) is 0. The lowest BCUT2D eigenvalue weighted by Gasteiger charge is -2.26. The van der Waals surface area contributed by atoms with Crippen molar-refractivity contribution < 1.29 is 8.83 Å². The highest BCUT2D eigenvalue weighted by molar-refractivity contribution is 6.21. The van der Waals surface area contributed by atoms with Crippen LogP contribution in [0, 0.1) is 0 Å². The minimum atomic E-state index is 0.854. The molecule has 11 aromatic rings. The average molecular weight is 678 g/mol. The van der Waals surface area contributed by atoms with Gasteiger partial charge < -0.3 is 13.7 Å². The number of rotatable bonds is 5. The second-order valence-corrected chi connectivity index (χ2v) is 13.7. The van der Waals surface area contributed by atoms with Gasteiger partial charge in [0.2, 0.25) is 0 Å². The zero-order valence-electron chi connectivity index (χ0n) is 28.7. The van der Waals surface area contributed by atoms with E-state index >= 15 is 0 Å². The number of nitrogens with zero attached hydrogens (tertiary/aromatic N) is 1.